The zero-order chi connectivity index (χ0) is 12.4. The standard InChI is InChI=1S/C14H14N2O2/c17-12-7-3-4-8-13(12)18-14-10-5-1-2-6-11(10)15-9-16-14/h3-4,7-9,17H,1-2,5-6H2. The van der Waals surface area contributed by atoms with Gasteiger partial charge in [-0.05, 0) is 37.8 Å². The van der Waals surface area contributed by atoms with Gasteiger partial charge in [-0.3, -0.25) is 0 Å². The average molecular weight is 242 g/mol. The SMILES string of the molecule is Oc1ccccc1Oc1ncnc2c1CCCC2. The second-order valence-corrected chi connectivity index (χ2v) is 4.38. The summed E-state index contributed by atoms with van der Waals surface area (Å²) in [6.45, 7) is 0. The summed E-state index contributed by atoms with van der Waals surface area (Å²) in [6.07, 6.45) is 5.76. The molecule has 0 fully saturated rings. The Morgan fingerprint density at radius 3 is 2.78 bits per heavy atom. The second-order valence-electron chi connectivity index (χ2n) is 4.38. The van der Waals surface area contributed by atoms with Gasteiger partial charge in [-0.2, -0.15) is 0 Å². The first-order chi connectivity index (χ1) is 8.84. The lowest BCUT2D eigenvalue weighted by Gasteiger charge is -2.17. The molecule has 92 valence electrons. The van der Waals surface area contributed by atoms with Gasteiger partial charge in [0.25, 0.3) is 0 Å². The first kappa shape index (κ1) is 11.0. The van der Waals surface area contributed by atoms with Crippen molar-refractivity contribution in [3.8, 4) is 17.4 Å². The maximum Gasteiger partial charge on any atom is 0.225 e. The molecule has 0 atom stereocenters. The monoisotopic (exact) mass is 242 g/mol. The van der Waals surface area contributed by atoms with E-state index in [9.17, 15) is 5.11 Å². The molecule has 0 bridgehead atoms. The van der Waals surface area contributed by atoms with Gasteiger partial charge < -0.3 is 9.84 Å². The molecule has 1 aromatic carbocycles. The van der Waals surface area contributed by atoms with Crippen molar-refractivity contribution in [1.29, 1.82) is 0 Å². The molecule has 0 saturated carbocycles. The number of nitrogens with zero attached hydrogens (tertiary/aromatic N) is 2. The number of aromatic hydroxyl groups is 1. The van der Waals surface area contributed by atoms with E-state index in [1.54, 1.807) is 18.2 Å². The van der Waals surface area contributed by atoms with Crippen LogP contribution in [0.15, 0.2) is 30.6 Å². The number of phenols is 1. The molecule has 1 aromatic heterocycles. The zero-order valence-electron chi connectivity index (χ0n) is 9.97. The Morgan fingerprint density at radius 2 is 1.89 bits per heavy atom. The number of rotatable bonds is 2. The van der Waals surface area contributed by atoms with Gasteiger partial charge in [-0.25, -0.2) is 9.97 Å². The molecule has 3 rings (SSSR count). The third-order valence-electron chi connectivity index (χ3n) is 3.16. The van der Waals surface area contributed by atoms with Crippen molar-refractivity contribution in [3.63, 3.8) is 0 Å². The normalized spacial score (nSPS) is 14.0. The van der Waals surface area contributed by atoms with Gasteiger partial charge in [0.05, 0.1) is 5.69 Å². The molecule has 2 aromatic rings. The van der Waals surface area contributed by atoms with E-state index in [1.807, 2.05) is 6.07 Å². The summed E-state index contributed by atoms with van der Waals surface area (Å²) in [4.78, 5) is 8.47. The van der Waals surface area contributed by atoms with Crippen molar-refractivity contribution in [1.82, 2.24) is 9.97 Å². The number of hydrogen-bond acceptors (Lipinski definition) is 4. The molecule has 0 spiro atoms. The molecular formula is C14H14N2O2. The third kappa shape index (κ3) is 2.01. The summed E-state index contributed by atoms with van der Waals surface area (Å²) in [5.74, 6) is 1.13. The van der Waals surface area contributed by atoms with Crippen LogP contribution in [0.1, 0.15) is 24.1 Å². The van der Waals surface area contributed by atoms with Gasteiger partial charge in [-0.15, -0.1) is 0 Å². The van der Waals surface area contributed by atoms with E-state index in [2.05, 4.69) is 9.97 Å². The average Bonchev–Trinajstić information content (AvgIpc) is 2.42. The third-order valence-corrected chi connectivity index (χ3v) is 3.16. The van der Waals surface area contributed by atoms with Crippen molar-refractivity contribution in [2.45, 2.75) is 25.7 Å². The Balaban J connectivity index is 1.96. The van der Waals surface area contributed by atoms with Crippen LogP contribution in [0, 0.1) is 0 Å². The van der Waals surface area contributed by atoms with E-state index < -0.39 is 0 Å². The van der Waals surface area contributed by atoms with E-state index in [-0.39, 0.29) is 5.75 Å². The molecule has 0 radical (unpaired) electrons. The molecule has 1 N–H and O–H groups in total. The van der Waals surface area contributed by atoms with E-state index in [0.29, 0.717) is 11.6 Å². The minimum atomic E-state index is 0.126. The predicted octanol–water partition coefficient (Wildman–Crippen LogP) is 2.85. The topological polar surface area (TPSA) is 55.2 Å². The van der Waals surface area contributed by atoms with Crippen LogP contribution in [-0.2, 0) is 12.8 Å². The number of ether oxygens (including phenoxy) is 1. The fourth-order valence-electron chi connectivity index (χ4n) is 2.23. The molecular weight excluding hydrogens is 228 g/mol. The van der Waals surface area contributed by atoms with E-state index in [4.69, 9.17) is 4.74 Å². The van der Waals surface area contributed by atoms with Crippen molar-refractivity contribution < 1.29 is 9.84 Å². The molecule has 4 heteroatoms. The van der Waals surface area contributed by atoms with Gasteiger partial charge in [0, 0.05) is 5.56 Å². The summed E-state index contributed by atoms with van der Waals surface area (Å²) in [5, 5.41) is 9.71. The number of fused-ring (bicyclic) bond motifs is 1. The van der Waals surface area contributed by atoms with Gasteiger partial charge in [0.15, 0.2) is 11.5 Å². The first-order valence-corrected chi connectivity index (χ1v) is 6.13. The number of para-hydroxylation sites is 2. The fourth-order valence-corrected chi connectivity index (χ4v) is 2.23. The second kappa shape index (κ2) is 4.64. The summed E-state index contributed by atoms with van der Waals surface area (Å²) in [7, 11) is 0. The summed E-state index contributed by atoms with van der Waals surface area (Å²) in [6, 6.07) is 6.91. The van der Waals surface area contributed by atoms with Gasteiger partial charge in [0.2, 0.25) is 5.88 Å². The predicted molar refractivity (Wildman–Crippen MR) is 66.9 cm³/mol. The summed E-state index contributed by atoms with van der Waals surface area (Å²) >= 11 is 0. The minimum absolute atomic E-state index is 0.126. The molecule has 0 saturated heterocycles. The van der Waals surface area contributed by atoms with Crippen LogP contribution < -0.4 is 4.74 Å². The van der Waals surface area contributed by atoms with Crippen LogP contribution in [-0.4, -0.2) is 15.1 Å². The van der Waals surface area contributed by atoms with E-state index in [1.165, 1.54) is 12.7 Å². The number of phenolic OH excluding ortho intramolecular Hbond substituents is 1. The fraction of sp³-hybridized carbons (Fsp3) is 0.286. The summed E-state index contributed by atoms with van der Waals surface area (Å²) < 4.78 is 5.71. The van der Waals surface area contributed by atoms with Gasteiger partial charge >= 0.3 is 0 Å². The van der Waals surface area contributed by atoms with Crippen molar-refractivity contribution in [2.24, 2.45) is 0 Å². The quantitative estimate of drug-likeness (QED) is 0.879. The highest BCUT2D eigenvalue weighted by Crippen LogP contribution is 2.33. The smallest absolute Gasteiger partial charge is 0.225 e. The van der Waals surface area contributed by atoms with Crippen LogP contribution in [0.4, 0.5) is 0 Å². The molecule has 1 heterocycles. The Morgan fingerprint density at radius 1 is 1.06 bits per heavy atom. The van der Waals surface area contributed by atoms with Crippen LogP contribution >= 0.6 is 0 Å². The number of benzene rings is 1. The first-order valence-electron chi connectivity index (χ1n) is 6.13. The Kier molecular flexibility index (Phi) is 2.84. The van der Waals surface area contributed by atoms with Crippen molar-refractivity contribution in [3.05, 3.63) is 41.9 Å². The van der Waals surface area contributed by atoms with Crippen LogP contribution in [0.2, 0.25) is 0 Å². The van der Waals surface area contributed by atoms with Crippen molar-refractivity contribution in [2.75, 3.05) is 0 Å². The molecule has 1 aliphatic carbocycles. The zero-order valence-corrected chi connectivity index (χ0v) is 9.97. The molecule has 0 amide bonds. The van der Waals surface area contributed by atoms with Gasteiger partial charge in [-0.1, -0.05) is 12.1 Å². The van der Waals surface area contributed by atoms with Gasteiger partial charge in [0.1, 0.15) is 6.33 Å². The van der Waals surface area contributed by atoms with Crippen LogP contribution in [0.5, 0.6) is 17.4 Å². The molecule has 18 heavy (non-hydrogen) atoms. The maximum atomic E-state index is 9.71. The largest absolute Gasteiger partial charge is 0.504 e. The summed E-state index contributed by atoms with van der Waals surface area (Å²) in [5.41, 5.74) is 2.15. The highest BCUT2D eigenvalue weighted by Gasteiger charge is 2.17. The highest BCUT2D eigenvalue weighted by molar-refractivity contribution is 5.42. The lowest BCUT2D eigenvalue weighted by atomic mass is 9.97. The number of hydrogen-bond donors (Lipinski definition) is 1. The molecule has 4 nitrogen and oxygen atoms in total. The lowest BCUT2D eigenvalue weighted by Crippen LogP contribution is -2.08. The van der Waals surface area contributed by atoms with Crippen molar-refractivity contribution >= 4 is 0 Å². The maximum absolute atomic E-state index is 9.71. The highest BCUT2D eigenvalue weighted by atomic mass is 16.5. The minimum Gasteiger partial charge on any atom is -0.504 e. The molecule has 0 unspecified atom stereocenters. The molecule has 1 aliphatic rings. The van der Waals surface area contributed by atoms with E-state index in [0.717, 1.165) is 30.5 Å². The number of aryl methyl sites for hydroxylation is 1. The van der Waals surface area contributed by atoms with E-state index >= 15 is 0 Å². The molecule has 0 aliphatic heterocycles. The Hall–Kier alpha value is -2.10. The Bertz CT molecular complexity index is 569. The Labute approximate surface area is 105 Å². The van der Waals surface area contributed by atoms with Crippen LogP contribution in [0.3, 0.4) is 0 Å². The van der Waals surface area contributed by atoms with Crippen LogP contribution in [0.25, 0.3) is 0 Å². The number of aromatic nitrogens is 2. The lowest BCUT2D eigenvalue weighted by molar-refractivity contribution is 0.396.